The van der Waals surface area contributed by atoms with E-state index >= 15 is 0 Å². The molecule has 0 fully saturated rings. The Kier molecular flexibility index (Phi) is 5.08. The van der Waals surface area contributed by atoms with Crippen molar-refractivity contribution < 1.29 is 18.3 Å². The molecular weight excluding hydrogens is 260 g/mol. The minimum absolute atomic E-state index is 0.0175. The number of hydrogen-bond acceptors (Lipinski definition) is 6. The number of aromatic nitrogens is 2. The molecule has 3 N–H and O–H groups in total. The molecule has 0 saturated heterocycles. The van der Waals surface area contributed by atoms with E-state index in [1.807, 2.05) is 0 Å². The Balaban J connectivity index is 3.09. The number of sulfonamides is 1. The zero-order valence-electron chi connectivity index (χ0n) is 10.4. The smallest absolute Gasteiger partial charge is 0.262 e. The van der Waals surface area contributed by atoms with Crippen LogP contribution in [-0.4, -0.2) is 60.8 Å². The molecule has 0 bridgehead atoms. The average molecular weight is 278 g/mol. The van der Waals surface area contributed by atoms with E-state index in [9.17, 15) is 8.42 Å². The third-order valence-electron chi connectivity index (χ3n) is 2.39. The number of nitrogens with zero attached hydrogens (tertiary/aromatic N) is 3. The Labute approximate surface area is 106 Å². The number of aliphatic hydroxyl groups excluding tert-OH is 1. The normalized spacial score (nSPS) is 12.2. The average Bonchev–Trinajstić information content (AvgIpc) is 2.64. The number of ether oxygens (including phenoxy) is 1. The molecule has 1 aromatic rings. The second kappa shape index (κ2) is 6.14. The van der Waals surface area contributed by atoms with Crippen LogP contribution in [0, 0.1) is 0 Å². The van der Waals surface area contributed by atoms with Crippen LogP contribution in [0.2, 0.25) is 0 Å². The van der Waals surface area contributed by atoms with E-state index in [0.29, 0.717) is 0 Å². The Morgan fingerprint density at radius 2 is 2.22 bits per heavy atom. The first-order valence-electron chi connectivity index (χ1n) is 5.32. The van der Waals surface area contributed by atoms with Gasteiger partial charge in [0.05, 0.1) is 19.5 Å². The van der Waals surface area contributed by atoms with Gasteiger partial charge in [0.2, 0.25) is 0 Å². The lowest BCUT2D eigenvalue weighted by atomic mass is 10.6. The topological polar surface area (TPSA) is 111 Å². The number of nitrogens with two attached hydrogens (primary N) is 1. The van der Waals surface area contributed by atoms with Crippen molar-refractivity contribution >= 4 is 15.8 Å². The van der Waals surface area contributed by atoms with Gasteiger partial charge in [-0.3, -0.25) is 0 Å². The standard InChI is InChI=1S/C9H18N4O4S/c1-12-7-11-8(10)9(12)18(15,16)13(3-5-14)4-6-17-2/h7,14H,3-6,10H2,1-2H3. The van der Waals surface area contributed by atoms with E-state index in [0.717, 1.165) is 4.31 Å². The molecule has 9 heteroatoms. The lowest BCUT2D eigenvalue weighted by Crippen LogP contribution is -2.37. The number of methoxy groups -OCH3 is 1. The molecule has 0 aliphatic heterocycles. The summed E-state index contributed by atoms with van der Waals surface area (Å²) in [5.41, 5.74) is 5.56. The molecule has 0 aliphatic carbocycles. The van der Waals surface area contributed by atoms with Gasteiger partial charge in [0, 0.05) is 27.2 Å². The number of nitrogen functional groups attached to an aromatic ring is 1. The summed E-state index contributed by atoms with van der Waals surface area (Å²) in [5.74, 6) is -0.0575. The van der Waals surface area contributed by atoms with Crippen molar-refractivity contribution in [1.29, 1.82) is 0 Å². The molecule has 0 amide bonds. The summed E-state index contributed by atoms with van der Waals surface area (Å²) in [5, 5.41) is 8.86. The highest BCUT2D eigenvalue weighted by atomic mass is 32.2. The molecule has 0 saturated carbocycles. The quantitative estimate of drug-likeness (QED) is 0.637. The zero-order valence-corrected chi connectivity index (χ0v) is 11.2. The van der Waals surface area contributed by atoms with Crippen LogP contribution in [0.5, 0.6) is 0 Å². The number of aryl methyl sites for hydroxylation is 1. The lowest BCUT2D eigenvalue weighted by molar-refractivity contribution is 0.168. The summed E-state index contributed by atoms with van der Waals surface area (Å²) in [4.78, 5) is 3.75. The molecule has 0 atom stereocenters. The molecule has 1 heterocycles. The van der Waals surface area contributed by atoms with E-state index in [1.165, 1.54) is 18.0 Å². The highest BCUT2D eigenvalue weighted by molar-refractivity contribution is 7.89. The van der Waals surface area contributed by atoms with Crippen molar-refractivity contribution in [2.24, 2.45) is 7.05 Å². The largest absolute Gasteiger partial charge is 0.395 e. The summed E-state index contributed by atoms with van der Waals surface area (Å²) in [7, 11) is -0.765. The van der Waals surface area contributed by atoms with Crippen molar-refractivity contribution in [3.63, 3.8) is 0 Å². The van der Waals surface area contributed by atoms with Crippen LogP contribution in [0.1, 0.15) is 0 Å². The van der Waals surface area contributed by atoms with Crippen molar-refractivity contribution in [2.45, 2.75) is 5.03 Å². The number of hydrogen-bond donors (Lipinski definition) is 2. The van der Waals surface area contributed by atoms with Crippen molar-refractivity contribution in [3.8, 4) is 0 Å². The summed E-state index contributed by atoms with van der Waals surface area (Å²) in [6.45, 7) is 0.0814. The van der Waals surface area contributed by atoms with Crippen LogP contribution >= 0.6 is 0 Å². The molecule has 18 heavy (non-hydrogen) atoms. The number of rotatable bonds is 7. The van der Waals surface area contributed by atoms with Crippen LogP contribution in [0.15, 0.2) is 11.4 Å². The van der Waals surface area contributed by atoms with Gasteiger partial charge >= 0.3 is 0 Å². The number of imidazole rings is 1. The highest BCUT2D eigenvalue weighted by Gasteiger charge is 2.29. The molecule has 0 unspecified atom stereocenters. The van der Waals surface area contributed by atoms with Crippen LogP contribution < -0.4 is 5.73 Å². The summed E-state index contributed by atoms with van der Waals surface area (Å²) < 4.78 is 32.0. The van der Waals surface area contributed by atoms with Crippen LogP contribution in [-0.2, 0) is 21.8 Å². The van der Waals surface area contributed by atoms with E-state index in [4.69, 9.17) is 15.6 Å². The molecule has 1 rings (SSSR count). The molecular formula is C9H18N4O4S. The fourth-order valence-electron chi connectivity index (χ4n) is 1.53. The molecule has 1 aromatic heterocycles. The third-order valence-corrected chi connectivity index (χ3v) is 4.42. The first kappa shape index (κ1) is 14.9. The van der Waals surface area contributed by atoms with E-state index in [1.54, 1.807) is 7.05 Å². The maximum Gasteiger partial charge on any atom is 0.262 e. The summed E-state index contributed by atoms with van der Waals surface area (Å²) >= 11 is 0. The van der Waals surface area contributed by atoms with Crippen molar-refractivity contribution in [3.05, 3.63) is 6.33 Å². The van der Waals surface area contributed by atoms with Gasteiger partial charge in [0.15, 0.2) is 10.8 Å². The second-order valence-electron chi connectivity index (χ2n) is 3.67. The highest BCUT2D eigenvalue weighted by Crippen LogP contribution is 2.20. The van der Waals surface area contributed by atoms with Crippen molar-refractivity contribution in [2.75, 3.05) is 39.1 Å². The first-order valence-corrected chi connectivity index (χ1v) is 6.76. The number of aliphatic hydroxyl groups is 1. The molecule has 0 radical (unpaired) electrons. The Morgan fingerprint density at radius 1 is 1.56 bits per heavy atom. The maximum absolute atomic E-state index is 12.3. The van der Waals surface area contributed by atoms with Gasteiger partial charge in [0.25, 0.3) is 10.0 Å². The Bertz CT molecular complexity index is 465. The van der Waals surface area contributed by atoms with Gasteiger partial charge in [0.1, 0.15) is 0 Å². The SMILES string of the molecule is COCCN(CCO)S(=O)(=O)c1c(N)ncn1C. The van der Waals surface area contributed by atoms with Crippen LogP contribution in [0.25, 0.3) is 0 Å². The van der Waals surface area contributed by atoms with E-state index in [-0.39, 0.29) is 37.1 Å². The Hall–Kier alpha value is -1.16. The maximum atomic E-state index is 12.3. The van der Waals surface area contributed by atoms with Crippen LogP contribution in [0.4, 0.5) is 5.82 Å². The van der Waals surface area contributed by atoms with Gasteiger partial charge in [-0.1, -0.05) is 0 Å². The van der Waals surface area contributed by atoms with E-state index in [2.05, 4.69) is 4.98 Å². The van der Waals surface area contributed by atoms with Crippen LogP contribution in [0.3, 0.4) is 0 Å². The molecule has 104 valence electrons. The molecule has 0 aliphatic rings. The molecule has 8 nitrogen and oxygen atoms in total. The predicted molar refractivity (Wildman–Crippen MR) is 65.3 cm³/mol. The zero-order chi connectivity index (χ0) is 13.8. The summed E-state index contributed by atoms with van der Waals surface area (Å²) in [6, 6.07) is 0. The lowest BCUT2D eigenvalue weighted by Gasteiger charge is -2.21. The van der Waals surface area contributed by atoms with E-state index < -0.39 is 10.0 Å². The second-order valence-corrected chi connectivity index (χ2v) is 5.52. The number of anilines is 1. The molecule has 0 spiro atoms. The van der Waals surface area contributed by atoms with Gasteiger partial charge in [-0.05, 0) is 0 Å². The fraction of sp³-hybridized carbons (Fsp3) is 0.667. The van der Waals surface area contributed by atoms with Gasteiger partial charge < -0.3 is 20.1 Å². The minimum atomic E-state index is -3.78. The minimum Gasteiger partial charge on any atom is -0.395 e. The third kappa shape index (κ3) is 2.99. The monoisotopic (exact) mass is 278 g/mol. The van der Waals surface area contributed by atoms with Crippen molar-refractivity contribution in [1.82, 2.24) is 13.9 Å². The molecule has 0 aromatic carbocycles. The van der Waals surface area contributed by atoms with Gasteiger partial charge in [-0.15, -0.1) is 0 Å². The Morgan fingerprint density at radius 3 is 2.67 bits per heavy atom. The fourth-order valence-corrected chi connectivity index (χ4v) is 3.14. The predicted octanol–water partition coefficient (Wildman–Crippen LogP) is -1.37. The van der Waals surface area contributed by atoms with Gasteiger partial charge in [-0.25, -0.2) is 13.4 Å². The first-order chi connectivity index (χ1) is 8.45. The van der Waals surface area contributed by atoms with Gasteiger partial charge in [-0.2, -0.15) is 4.31 Å². The summed E-state index contributed by atoms with van der Waals surface area (Å²) in [6.07, 6.45) is 1.33.